The molecule has 1 aromatic carbocycles. The molecule has 2 aromatic rings. The number of halogens is 2. The van der Waals surface area contributed by atoms with Gasteiger partial charge in [-0.3, -0.25) is 0 Å². The normalized spacial score (nSPS) is 9.71. The van der Waals surface area contributed by atoms with Crippen LogP contribution in [0, 0.1) is 17.1 Å². The second kappa shape index (κ2) is 4.93. The molecule has 1 aromatic heterocycles. The summed E-state index contributed by atoms with van der Waals surface area (Å²) in [6, 6.07) is 10.0. The van der Waals surface area contributed by atoms with E-state index in [-0.39, 0.29) is 11.5 Å². The van der Waals surface area contributed by atoms with Gasteiger partial charge in [0, 0.05) is 11.9 Å². The van der Waals surface area contributed by atoms with Gasteiger partial charge in [-0.1, -0.05) is 0 Å². The van der Waals surface area contributed by atoms with Crippen molar-refractivity contribution in [2.75, 3.05) is 5.32 Å². The highest BCUT2D eigenvalue weighted by Gasteiger charge is 2.04. The number of nitrogens with one attached hydrogen (secondary N) is 1. The van der Waals surface area contributed by atoms with E-state index in [1.807, 2.05) is 6.07 Å². The second-order valence-corrected chi connectivity index (χ2v) is 4.12. The number of pyridine rings is 1. The maximum Gasteiger partial charge on any atom is 0.163 e. The predicted molar refractivity (Wildman–Crippen MR) is 66.3 cm³/mol. The third kappa shape index (κ3) is 2.60. The van der Waals surface area contributed by atoms with Crippen molar-refractivity contribution in [1.82, 2.24) is 4.98 Å². The molecule has 0 saturated heterocycles. The first-order valence-electron chi connectivity index (χ1n) is 4.78. The summed E-state index contributed by atoms with van der Waals surface area (Å²) in [6.45, 7) is 0. The molecule has 0 unspecified atom stereocenters. The van der Waals surface area contributed by atoms with E-state index in [2.05, 4.69) is 26.2 Å². The van der Waals surface area contributed by atoms with Gasteiger partial charge in [-0.25, -0.2) is 9.37 Å². The van der Waals surface area contributed by atoms with Crippen molar-refractivity contribution in [3.8, 4) is 6.07 Å². The first kappa shape index (κ1) is 11.6. The summed E-state index contributed by atoms with van der Waals surface area (Å²) in [7, 11) is 0. The van der Waals surface area contributed by atoms with Crippen LogP contribution in [0.1, 0.15) is 5.69 Å². The lowest BCUT2D eigenvalue weighted by atomic mass is 10.2. The minimum atomic E-state index is -0.364. The van der Waals surface area contributed by atoms with Crippen LogP contribution < -0.4 is 5.32 Å². The average molecular weight is 292 g/mol. The topological polar surface area (TPSA) is 48.7 Å². The zero-order chi connectivity index (χ0) is 12.3. The number of rotatable bonds is 2. The Hall–Kier alpha value is -1.93. The molecule has 0 amide bonds. The van der Waals surface area contributed by atoms with Crippen molar-refractivity contribution in [2.45, 2.75) is 0 Å². The lowest BCUT2D eigenvalue weighted by molar-refractivity contribution is 0.622. The van der Waals surface area contributed by atoms with Gasteiger partial charge in [-0.05, 0) is 46.3 Å². The van der Waals surface area contributed by atoms with E-state index in [4.69, 9.17) is 5.26 Å². The molecular weight excluding hydrogens is 285 g/mol. The first-order chi connectivity index (χ1) is 8.20. The van der Waals surface area contributed by atoms with Crippen molar-refractivity contribution in [1.29, 1.82) is 5.26 Å². The summed E-state index contributed by atoms with van der Waals surface area (Å²) in [6.07, 6.45) is 1.53. The summed E-state index contributed by atoms with van der Waals surface area (Å²) < 4.78 is 13.7. The molecule has 5 heteroatoms. The number of nitriles is 1. The molecule has 2 rings (SSSR count). The minimum absolute atomic E-state index is 0.274. The lowest BCUT2D eigenvalue weighted by Gasteiger charge is -2.07. The zero-order valence-corrected chi connectivity index (χ0v) is 10.2. The smallest absolute Gasteiger partial charge is 0.163 e. The van der Waals surface area contributed by atoms with Gasteiger partial charge < -0.3 is 5.32 Å². The van der Waals surface area contributed by atoms with Crippen molar-refractivity contribution in [3.05, 3.63) is 52.5 Å². The average Bonchev–Trinajstić information content (AvgIpc) is 2.34. The first-order valence-corrected chi connectivity index (χ1v) is 5.57. The summed E-state index contributed by atoms with van der Waals surface area (Å²) in [4.78, 5) is 3.91. The number of nitrogens with zero attached hydrogens (tertiary/aromatic N) is 2. The number of benzene rings is 1. The number of anilines is 2. The highest BCUT2D eigenvalue weighted by Crippen LogP contribution is 2.23. The Balaban J connectivity index is 2.32. The monoisotopic (exact) mass is 291 g/mol. The Labute approximate surface area is 106 Å². The molecular formula is C12H7BrFN3. The SMILES string of the molecule is N#Cc1ncccc1Nc1ccc(Br)c(F)c1. The molecule has 0 atom stereocenters. The summed E-state index contributed by atoms with van der Waals surface area (Å²) in [5, 5.41) is 11.8. The molecule has 0 aliphatic heterocycles. The Bertz CT molecular complexity index is 593. The van der Waals surface area contributed by atoms with E-state index < -0.39 is 0 Å². The standard InChI is InChI=1S/C12H7BrFN3/c13-9-4-3-8(6-10(9)14)17-11-2-1-5-16-12(11)7-15/h1-6,17H. The van der Waals surface area contributed by atoms with Crippen molar-refractivity contribution in [3.63, 3.8) is 0 Å². The van der Waals surface area contributed by atoms with Gasteiger partial charge >= 0.3 is 0 Å². The molecule has 0 aliphatic rings. The van der Waals surface area contributed by atoms with Gasteiger partial charge in [0.1, 0.15) is 11.9 Å². The van der Waals surface area contributed by atoms with Crippen LogP contribution in [0.3, 0.4) is 0 Å². The van der Waals surface area contributed by atoms with Crippen LogP contribution in [0.2, 0.25) is 0 Å². The van der Waals surface area contributed by atoms with E-state index in [0.29, 0.717) is 15.8 Å². The third-order valence-corrected chi connectivity index (χ3v) is 2.76. The van der Waals surface area contributed by atoms with E-state index in [1.54, 1.807) is 24.3 Å². The molecule has 0 saturated carbocycles. The van der Waals surface area contributed by atoms with Crippen LogP contribution in [-0.4, -0.2) is 4.98 Å². The van der Waals surface area contributed by atoms with Gasteiger partial charge in [0.05, 0.1) is 10.2 Å². The van der Waals surface area contributed by atoms with Gasteiger partial charge in [0.25, 0.3) is 0 Å². The van der Waals surface area contributed by atoms with Gasteiger partial charge in [0.2, 0.25) is 0 Å². The quantitative estimate of drug-likeness (QED) is 0.920. The fourth-order valence-electron chi connectivity index (χ4n) is 1.32. The molecule has 1 N–H and O–H groups in total. The fourth-order valence-corrected chi connectivity index (χ4v) is 1.57. The van der Waals surface area contributed by atoms with Crippen molar-refractivity contribution in [2.24, 2.45) is 0 Å². The summed E-state index contributed by atoms with van der Waals surface area (Å²) in [5.41, 5.74) is 1.39. The van der Waals surface area contributed by atoms with E-state index >= 15 is 0 Å². The van der Waals surface area contributed by atoms with Gasteiger partial charge in [0.15, 0.2) is 5.69 Å². The minimum Gasteiger partial charge on any atom is -0.353 e. The summed E-state index contributed by atoms with van der Waals surface area (Å²) >= 11 is 3.08. The van der Waals surface area contributed by atoms with Crippen molar-refractivity contribution < 1.29 is 4.39 Å². The van der Waals surface area contributed by atoms with E-state index in [9.17, 15) is 4.39 Å². The molecule has 0 bridgehead atoms. The maximum absolute atomic E-state index is 13.3. The molecule has 0 radical (unpaired) electrons. The molecule has 3 nitrogen and oxygen atoms in total. The molecule has 17 heavy (non-hydrogen) atoms. The predicted octanol–water partition coefficient (Wildman–Crippen LogP) is 3.60. The number of hydrogen-bond acceptors (Lipinski definition) is 3. The summed E-state index contributed by atoms with van der Waals surface area (Å²) in [5.74, 6) is -0.364. The Morgan fingerprint density at radius 2 is 2.18 bits per heavy atom. The van der Waals surface area contributed by atoms with Crippen LogP contribution >= 0.6 is 15.9 Å². The van der Waals surface area contributed by atoms with Crippen LogP contribution in [0.15, 0.2) is 41.0 Å². The highest BCUT2D eigenvalue weighted by atomic mass is 79.9. The van der Waals surface area contributed by atoms with E-state index in [1.165, 1.54) is 12.3 Å². The highest BCUT2D eigenvalue weighted by molar-refractivity contribution is 9.10. The lowest BCUT2D eigenvalue weighted by Crippen LogP contribution is -1.95. The van der Waals surface area contributed by atoms with Crippen LogP contribution in [-0.2, 0) is 0 Å². The zero-order valence-electron chi connectivity index (χ0n) is 8.61. The van der Waals surface area contributed by atoms with E-state index in [0.717, 1.165) is 0 Å². The molecule has 0 fully saturated rings. The third-order valence-electron chi connectivity index (χ3n) is 2.11. The fraction of sp³-hybridized carbons (Fsp3) is 0. The van der Waals surface area contributed by atoms with Crippen molar-refractivity contribution >= 4 is 27.3 Å². The number of hydrogen-bond donors (Lipinski definition) is 1. The molecule has 0 aliphatic carbocycles. The molecule has 0 spiro atoms. The van der Waals surface area contributed by atoms with Crippen LogP contribution in [0.4, 0.5) is 15.8 Å². The Morgan fingerprint density at radius 1 is 1.35 bits per heavy atom. The largest absolute Gasteiger partial charge is 0.353 e. The van der Waals surface area contributed by atoms with Crippen LogP contribution in [0.5, 0.6) is 0 Å². The maximum atomic E-state index is 13.3. The second-order valence-electron chi connectivity index (χ2n) is 3.27. The van der Waals surface area contributed by atoms with Crippen LogP contribution in [0.25, 0.3) is 0 Å². The Morgan fingerprint density at radius 3 is 2.88 bits per heavy atom. The van der Waals surface area contributed by atoms with Gasteiger partial charge in [-0.2, -0.15) is 5.26 Å². The van der Waals surface area contributed by atoms with Gasteiger partial charge in [-0.15, -0.1) is 0 Å². The molecule has 1 heterocycles. The number of aromatic nitrogens is 1. The molecule has 84 valence electrons. The Kier molecular flexibility index (Phi) is 3.35.